The molecule has 2 aromatic heterocycles. The molecule has 0 bridgehead atoms. The van der Waals surface area contributed by atoms with Gasteiger partial charge in [0, 0.05) is 65.8 Å². The van der Waals surface area contributed by atoms with Crippen LogP contribution >= 0.6 is 0 Å². The van der Waals surface area contributed by atoms with Crippen molar-refractivity contribution in [2.45, 2.75) is 113 Å². The van der Waals surface area contributed by atoms with E-state index in [1.165, 1.54) is 35.6 Å². The number of alkyl halides is 3. The van der Waals surface area contributed by atoms with Gasteiger partial charge in [0.25, 0.3) is 0 Å². The molecule has 10 heteroatoms. The summed E-state index contributed by atoms with van der Waals surface area (Å²) in [7, 11) is 0. The summed E-state index contributed by atoms with van der Waals surface area (Å²) < 4.78 is 41.1. The normalized spacial score (nSPS) is 16.6. The molecule has 0 N–H and O–H groups in total. The molecular weight excluding hydrogens is 712 g/mol. The smallest absolute Gasteiger partial charge is 0.417 e. The molecule has 2 aromatic carbocycles. The molecule has 6 nitrogen and oxygen atoms in total. The van der Waals surface area contributed by atoms with Crippen LogP contribution in [0.3, 0.4) is 0 Å². The number of hydrogen-bond donors (Lipinski definition) is 0. The largest absolute Gasteiger partial charge is 0.814 e. The third-order valence-electron chi connectivity index (χ3n) is 9.29. The van der Waals surface area contributed by atoms with Gasteiger partial charge >= 0.3 is 6.18 Å². The molecule has 0 aliphatic carbocycles. The maximum Gasteiger partial charge on any atom is 0.417 e. The van der Waals surface area contributed by atoms with Crippen LogP contribution in [0.1, 0.15) is 94.4 Å². The Hall–Kier alpha value is -3.69. The second-order valence-electron chi connectivity index (χ2n) is 12.7. The average Bonchev–Trinajstić information content (AvgIpc) is 3.76. The zero-order valence-corrected chi connectivity index (χ0v) is 32.8. The second kappa shape index (κ2) is 23.2. The van der Waals surface area contributed by atoms with Crippen LogP contribution in [0.15, 0.2) is 73.1 Å². The standard InChI is InChI=1S/C36H39F3N4.2C2H4N.C2H6.CH4.Mn/c1-24-8-4-9-25(2)34(24)27-14-16-29(40-20-27)22-42-18-6-12-32(42)33-13-7-19-43(33)23-30-17-15-28(21-41-30)35-26(3)10-5-11-31(35)36(37,38)39;2*1-2-3;1-2;;/h4-5,8-11,14-17,20-21,32-33H,6-7,12-13,18-19,22-23H2,1-3H3;2*2H,1H3;1-2H3;1H4;/q;2*-1;;;/t32-,33-;;;;;/m1...../s1. The topological polar surface area (TPSA) is 76.9 Å². The van der Waals surface area contributed by atoms with Crippen LogP contribution in [0.5, 0.6) is 0 Å². The van der Waals surface area contributed by atoms with Crippen LogP contribution in [0, 0.1) is 20.8 Å². The number of pyridine rings is 2. The summed E-state index contributed by atoms with van der Waals surface area (Å²) in [6.45, 7) is 16.8. The van der Waals surface area contributed by atoms with Gasteiger partial charge in [-0.1, -0.05) is 77.6 Å². The van der Waals surface area contributed by atoms with Crippen molar-refractivity contribution in [1.29, 1.82) is 0 Å². The molecule has 2 atom stereocenters. The molecule has 53 heavy (non-hydrogen) atoms. The zero-order valence-electron chi connectivity index (χ0n) is 31.6. The molecule has 2 aliphatic rings. The minimum Gasteiger partial charge on any atom is -0.814 e. The van der Waals surface area contributed by atoms with Crippen LogP contribution < -0.4 is 0 Å². The van der Waals surface area contributed by atoms with Crippen molar-refractivity contribution in [3.63, 3.8) is 0 Å². The van der Waals surface area contributed by atoms with Gasteiger partial charge in [0.2, 0.25) is 0 Å². The first-order valence-corrected chi connectivity index (χ1v) is 18.0. The molecule has 0 amide bonds. The van der Waals surface area contributed by atoms with Crippen molar-refractivity contribution in [2.75, 3.05) is 13.1 Å². The van der Waals surface area contributed by atoms with Crippen molar-refractivity contribution in [2.24, 2.45) is 0 Å². The van der Waals surface area contributed by atoms with E-state index in [0.29, 0.717) is 29.8 Å². The first-order chi connectivity index (χ1) is 24.5. The number of hydrogen-bond acceptors (Lipinski definition) is 4. The van der Waals surface area contributed by atoms with Crippen LogP contribution in [-0.4, -0.2) is 57.4 Å². The Morgan fingerprint density at radius 1 is 0.679 bits per heavy atom. The Labute approximate surface area is 327 Å². The number of aromatic nitrogens is 2. The minimum absolute atomic E-state index is 0. The number of likely N-dealkylation sites (tertiary alicyclic amines) is 2. The molecule has 0 saturated carbocycles. The Kier molecular flexibility index (Phi) is 20.7. The van der Waals surface area contributed by atoms with E-state index in [1.54, 1.807) is 39.1 Å². The summed E-state index contributed by atoms with van der Waals surface area (Å²) in [5.41, 5.74) is 7.65. The third kappa shape index (κ3) is 12.7. The second-order valence-corrected chi connectivity index (χ2v) is 12.7. The van der Waals surface area contributed by atoms with Gasteiger partial charge in [-0.3, -0.25) is 19.8 Å². The molecule has 2 fully saturated rings. The van der Waals surface area contributed by atoms with Gasteiger partial charge < -0.3 is 10.8 Å². The van der Waals surface area contributed by atoms with Crippen LogP contribution in [0.25, 0.3) is 33.1 Å². The molecule has 0 unspecified atom stereocenters. The first kappa shape index (κ1) is 47.3. The van der Waals surface area contributed by atoms with Gasteiger partial charge in [0.05, 0.1) is 17.0 Å². The summed E-state index contributed by atoms with van der Waals surface area (Å²) in [4.78, 5) is 14.6. The quantitative estimate of drug-likeness (QED) is 0.139. The molecule has 2 aliphatic heterocycles. The van der Waals surface area contributed by atoms with Gasteiger partial charge in [0.15, 0.2) is 0 Å². The molecular formula is C43H57F3MnN6-2. The summed E-state index contributed by atoms with van der Waals surface area (Å²) in [6.07, 6.45) is 5.86. The van der Waals surface area contributed by atoms with Gasteiger partial charge in [-0.05, 0) is 106 Å². The first-order valence-electron chi connectivity index (χ1n) is 18.0. The molecule has 4 aromatic rings. The van der Waals surface area contributed by atoms with E-state index in [-0.39, 0.29) is 30.1 Å². The number of benzene rings is 2. The molecule has 6 rings (SSSR count). The number of halogens is 3. The van der Waals surface area contributed by atoms with Crippen molar-refractivity contribution in [3.05, 3.63) is 118 Å². The fourth-order valence-corrected chi connectivity index (χ4v) is 7.27. The van der Waals surface area contributed by atoms with Gasteiger partial charge in [0.1, 0.15) is 0 Å². The van der Waals surface area contributed by atoms with E-state index in [9.17, 15) is 13.2 Å². The Morgan fingerprint density at radius 3 is 1.43 bits per heavy atom. The van der Waals surface area contributed by atoms with Crippen LogP contribution in [-0.2, 0) is 36.3 Å². The van der Waals surface area contributed by atoms with Crippen molar-refractivity contribution >= 4 is 12.4 Å². The summed E-state index contributed by atoms with van der Waals surface area (Å²) in [5.74, 6) is 0. The van der Waals surface area contributed by atoms with Crippen molar-refractivity contribution in [3.8, 4) is 22.3 Å². The molecule has 0 spiro atoms. The maximum atomic E-state index is 13.7. The zero-order chi connectivity index (χ0) is 37.6. The van der Waals surface area contributed by atoms with Gasteiger partial charge in [-0.15, -0.1) is 0 Å². The van der Waals surface area contributed by atoms with E-state index < -0.39 is 11.7 Å². The fraction of sp³-hybridized carbons (Fsp3) is 0.442. The summed E-state index contributed by atoms with van der Waals surface area (Å²) in [5, 5.41) is 14.9. The monoisotopic (exact) mass is 769 g/mol. The number of nitrogens with zero attached hydrogens (tertiary/aromatic N) is 6. The fourth-order valence-electron chi connectivity index (χ4n) is 7.27. The molecule has 289 valence electrons. The van der Waals surface area contributed by atoms with Gasteiger partial charge in [-0.25, -0.2) is 12.4 Å². The Morgan fingerprint density at radius 2 is 1.06 bits per heavy atom. The van der Waals surface area contributed by atoms with Gasteiger partial charge in [-0.2, -0.15) is 13.2 Å². The average molecular weight is 770 g/mol. The van der Waals surface area contributed by atoms with Crippen molar-refractivity contribution in [1.82, 2.24) is 19.8 Å². The van der Waals surface area contributed by atoms with E-state index in [2.05, 4.69) is 59.0 Å². The van der Waals surface area contributed by atoms with Crippen LogP contribution in [0.4, 0.5) is 13.2 Å². The van der Waals surface area contributed by atoms with Crippen LogP contribution in [0.2, 0.25) is 0 Å². The summed E-state index contributed by atoms with van der Waals surface area (Å²) in [6, 6.07) is 19.7. The number of rotatable bonds is 7. The van der Waals surface area contributed by atoms with Crippen molar-refractivity contribution < 1.29 is 30.2 Å². The van der Waals surface area contributed by atoms with E-state index in [1.807, 2.05) is 26.1 Å². The summed E-state index contributed by atoms with van der Waals surface area (Å²) >= 11 is 0. The molecule has 4 heterocycles. The maximum absolute atomic E-state index is 13.7. The Balaban J connectivity index is 0.00000130. The molecule has 2 saturated heterocycles. The SMILES string of the molecule is C.CC.CC=[N-].CC=[N-].Cc1cccc(C)c1-c1ccc(CN2CCC[C@@H]2[C@H]2CCCN2Cc2ccc(-c3c(C)cccc3C(F)(F)F)cn2)nc1.[Mn]. The predicted octanol–water partition coefficient (Wildman–Crippen LogP) is 11.3. The predicted molar refractivity (Wildman–Crippen MR) is 214 cm³/mol. The third-order valence-corrected chi connectivity index (χ3v) is 9.29. The van der Waals surface area contributed by atoms with E-state index in [0.717, 1.165) is 67.9 Å². The molecule has 1 radical (unpaired) electrons. The number of aryl methyl sites for hydroxylation is 3. The minimum atomic E-state index is -4.41. The van der Waals surface area contributed by atoms with E-state index >= 15 is 0 Å². The van der Waals surface area contributed by atoms with E-state index in [4.69, 9.17) is 15.8 Å². The Bertz CT molecular complexity index is 1650.